The van der Waals surface area contributed by atoms with Crippen LogP contribution in [0.25, 0.3) is 0 Å². The van der Waals surface area contributed by atoms with Crippen LogP contribution < -0.4 is 5.32 Å². The number of benzene rings is 2. The summed E-state index contributed by atoms with van der Waals surface area (Å²) in [5.41, 5.74) is 2.14. The Morgan fingerprint density at radius 2 is 1.77 bits per heavy atom. The van der Waals surface area contributed by atoms with Crippen LogP contribution in [0.2, 0.25) is 5.02 Å². The molecule has 2 amide bonds. The van der Waals surface area contributed by atoms with Gasteiger partial charge in [0.2, 0.25) is 0 Å². The molecule has 2 fully saturated rings. The summed E-state index contributed by atoms with van der Waals surface area (Å²) in [5.74, 6) is 0.302. The lowest BCUT2D eigenvalue weighted by Crippen LogP contribution is -2.63. The molecule has 4 rings (SSSR count). The Bertz CT molecular complexity index is 876. The molecular weight excluding hydrogens is 401 g/mol. The summed E-state index contributed by atoms with van der Waals surface area (Å²) in [7, 11) is 0. The normalized spacial score (nSPS) is 21.0. The second-order valence-electron chi connectivity index (χ2n) is 9.06. The minimum Gasteiger partial charge on any atom is -0.324 e. The molecule has 2 heterocycles. The van der Waals surface area contributed by atoms with Gasteiger partial charge >= 0.3 is 6.03 Å². The predicted octanol–water partition coefficient (Wildman–Crippen LogP) is 5.81. The van der Waals surface area contributed by atoms with E-state index in [4.69, 9.17) is 11.6 Å². The maximum atomic E-state index is 13.1. The van der Waals surface area contributed by atoms with Crippen LogP contribution >= 0.6 is 11.6 Å². The molecule has 2 aromatic rings. The van der Waals surface area contributed by atoms with Crippen LogP contribution in [0.1, 0.15) is 38.3 Å². The van der Waals surface area contributed by atoms with Gasteiger partial charge in [-0.2, -0.15) is 0 Å². The number of urea groups is 1. The van der Waals surface area contributed by atoms with Crippen molar-refractivity contribution in [3.63, 3.8) is 0 Å². The molecule has 1 atom stereocenters. The number of anilines is 1. The zero-order chi connectivity index (χ0) is 21.3. The first-order chi connectivity index (χ1) is 14.4. The smallest absolute Gasteiger partial charge is 0.321 e. The first-order valence-electron chi connectivity index (χ1n) is 10.7. The van der Waals surface area contributed by atoms with Crippen molar-refractivity contribution in [2.24, 2.45) is 11.3 Å². The van der Waals surface area contributed by atoms with E-state index in [1.54, 1.807) is 12.1 Å². The quantitative estimate of drug-likeness (QED) is 0.666. The van der Waals surface area contributed by atoms with Crippen molar-refractivity contribution < 1.29 is 9.18 Å². The number of carbonyl (C=O) groups excluding carboxylic acids is 1. The largest absolute Gasteiger partial charge is 0.324 e. The Morgan fingerprint density at radius 1 is 1.13 bits per heavy atom. The van der Waals surface area contributed by atoms with Crippen LogP contribution in [0.3, 0.4) is 0 Å². The van der Waals surface area contributed by atoms with Gasteiger partial charge in [-0.1, -0.05) is 37.6 Å². The number of rotatable bonds is 4. The predicted molar refractivity (Wildman–Crippen MR) is 119 cm³/mol. The van der Waals surface area contributed by atoms with Crippen molar-refractivity contribution in [3.8, 4) is 0 Å². The van der Waals surface area contributed by atoms with Crippen LogP contribution in [-0.4, -0.2) is 42.0 Å². The highest BCUT2D eigenvalue weighted by Crippen LogP contribution is 2.55. The van der Waals surface area contributed by atoms with Gasteiger partial charge in [0.1, 0.15) is 5.82 Å². The van der Waals surface area contributed by atoms with E-state index in [-0.39, 0.29) is 17.3 Å². The molecule has 1 unspecified atom stereocenters. The van der Waals surface area contributed by atoms with Crippen molar-refractivity contribution in [2.45, 2.75) is 32.7 Å². The molecule has 0 aliphatic carbocycles. The first-order valence-corrected chi connectivity index (χ1v) is 11.1. The van der Waals surface area contributed by atoms with Crippen LogP contribution in [0.4, 0.5) is 14.9 Å². The van der Waals surface area contributed by atoms with Gasteiger partial charge < -0.3 is 10.2 Å². The number of hydrogen-bond donors (Lipinski definition) is 1. The molecule has 2 aliphatic heterocycles. The summed E-state index contributed by atoms with van der Waals surface area (Å²) in [6.45, 7) is 8.12. The number of halogens is 2. The summed E-state index contributed by atoms with van der Waals surface area (Å²) in [4.78, 5) is 17.1. The lowest BCUT2D eigenvalue weighted by Gasteiger charge is -2.61. The molecule has 1 spiro atoms. The topological polar surface area (TPSA) is 35.6 Å². The Morgan fingerprint density at radius 3 is 2.37 bits per heavy atom. The maximum absolute atomic E-state index is 13.1. The molecular formula is C24H29ClFN3O. The molecule has 0 bridgehead atoms. The standard InChI is InChI=1S/C24H29ClFN3O/c1-17(2)15-29-16-24(22(29)18-3-5-19(25)6-4-18)11-13-28(14-12-24)23(30)27-21-9-7-20(26)8-10-21/h3-10,17,22H,11-16H2,1-2H3,(H,27,30). The molecule has 0 aromatic heterocycles. The highest BCUT2D eigenvalue weighted by Gasteiger charge is 2.54. The summed E-state index contributed by atoms with van der Waals surface area (Å²) in [5, 5.41) is 3.64. The highest BCUT2D eigenvalue weighted by molar-refractivity contribution is 6.30. The van der Waals surface area contributed by atoms with Crippen molar-refractivity contribution in [3.05, 3.63) is 64.9 Å². The molecule has 30 heavy (non-hydrogen) atoms. The third kappa shape index (κ3) is 4.33. The van der Waals surface area contributed by atoms with Gasteiger partial charge in [0.05, 0.1) is 0 Å². The second-order valence-corrected chi connectivity index (χ2v) is 9.50. The number of nitrogens with zero attached hydrogens (tertiary/aromatic N) is 2. The zero-order valence-corrected chi connectivity index (χ0v) is 18.3. The van der Waals surface area contributed by atoms with Crippen molar-refractivity contribution in [1.82, 2.24) is 9.80 Å². The van der Waals surface area contributed by atoms with Crippen LogP contribution in [-0.2, 0) is 0 Å². The average Bonchev–Trinajstić information content (AvgIpc) is 2.71. The van der Waals surface area contributed by atoms with Crippen molar-refractivity contribution in [2.75, 3.05) is 31.5 Å². The molecule has 4 nitrogen and oxygen atoms in total. The third-order valence-corrected chi connectivity index (χ3v) is 6.64. The van der Waals surface area contributed by atoms with Gasteiger partial charge in [-0.3, -0.25) is 4.90 Å². The van der Waals surface area contributed by atoms with Crippen LogP contribution in [0, 0.1) is 17.2 Å². The molecule has 0 radical (unpaired) electrons. The Balaban J connectivity index is 1.43. The van der Waals surface area contributed by atoms with E-state index in [0.29, 0.717) is 17.6 Å². The summed E-state index contributed by atoms with van der Waals surface area (Å²) >= 11 is 6.12. The van der Waals surface area contributed by atoms with Crippen LogP contribution in [0.15, 0.2) is 48.5 Å². The van der Waals surface area contributed by atoms with Gasteiger partial charge in [-0.15, -0.1) is 0 Å². The molecule has 6 heteroatoms. The van der Waals surface area contributed by atoms with E-state index in [9.17, 15) is 9.18 Å². The molecule has 2 saturated heterocycles. The van der Waals surface area contributed by atoms with E-state index >= 15 is 0 Å². The number of likely N-dealkylation sites (tertiary alicyclic amines) is 2. The molecule has 1 N–H and O–H groups in total. The summed E-state index contributed by atoms with van der Waals surface area (Å²) in [6, 6.07) is 14.4. The number of piperidine rings is 1. The minimum atomic E-state index is -0.308. The fourth-order valence-electron chi connectivity index (χ4n) is 5.03. The fourth-order valence-corrected chi connectivity index (χ4v) is 5.15. The Kier molecular flexibility index (Phi) is 6.03. The lowest BCUT2D eigenvalue weighted by molar-refractivity contribution is -0.111. The third-order valence-electron chi connectivity index (χ3n) is 6.39. The van der Waals surface area contributed by atoms with Gasteiger partial charge in [-0.25, -0.2) is 9.18 Å². The van der Waals surface area contributed by atoms with Gasteiger partial charge in [-0.05, 0) is 60.7 Å². The van der Waals surface area contributed by atoms with E-state index in [2.05, 4.69) is 36.2 Å². The number of amides is 2. The molecule has 2 aliphatic rings. The molecule has 0 saturated carbocycles. The van der Waals surface area contributed by atoms with E-state index in [1.165, 1.54) is 17.7 Å². The zero-order valence-electron chi connectivity index (χ0n) is 17.6. The summed E-state index contributed by atoms with van der Waals surface area (Å²) < 4.78 is 13.1. The minimum absolute atomic E-state index is 0.113. The van der Waals surface area contributed by atoms with E-state index < -0.39 is 0 Å². The van der Waals surface area contributed by atoms with Gasteiger partial charge in [0, 0.05) is 48.3 Å². The van der Waals surface area contributed by atoms with E-state index in [1.807, 2.05) is 17.0 Å². The van der Waals surface area contributed by atoms with Crippen LogP contribution in [0.5, 0.6) is 0 Å². The summed E-state index contributed by atoms with van der Waals surface area (Å²) in [6.07, 6.45) is 1.96. The molecule has 160 valence electrons. The second kappa shape index (κ2) is 8.56. The fraction of sp³-hybridized carbons (Fsp3) is 0.458. The first kappa shape index (κ1) is 21.1. The van der Waals surface area contributed by atoms with Gasteiger partial charge in [0.15, 0.2) is 0 Å². The van der Waals surface area contributed by atoms with Crippen molar-refractivity contribution >= 4 is 23.3 Å². The number of carbonyl (C=O) groups is 1. The number of hydrogen-bond acceptors (Lipinski definition) is 2. The highest BCUT2D eigenvalue weighted by atomic mass is 35.5. The Labute approximate surface area is 183 Å². The lowest BCUT2D eigenvalue weighted by atomic mass is 9.63. The maximum Gasteiger partial charge on any atom is 0.321 e. The monoisotopic (exact) mass is 429 g/mol. The van der Waals surface area contributed by atoms with Crippen molar-refractivity contribution in [1.29, 1.82) is 0 Å². The number of nitrogens with one attached hydrogen (secondary N) is 1. The van der Waals surface area contributed by atoms with Gasteiger partial charge in [0.25, 0.3) is 0 Å². The van der Waals surface area contributed by atoms with E-state index in [0.717, 1.165) is 44.0 Å². The Hall–Kier alpha value is -2.11. The molecule has 2 aromatic carbocycles. The average molecular weight is 430 g/mol. The SMILES string of the molecule is CC(C)CN1CC2(CCN(C(=O)Nc3ccc(F)cc3)CC2)C1c1ccc(Cl)cc1.